The Morgan fingerprint density at radius 1 is 1.50 bits per heavy atom. The smallest absolute Gasteiger partial charge is 0.194 e. The highest BCUT2D eigenvalue weighted by Crippen LogP contribution is 2.08. The number of aromatic nitrogens is 4. The van der Waals surface area contributed by atoms with Crippen molar-refractivity contribution in [3.05, 3.63) is 18.0 Å². The minimum absolute atomic E-state index is 0.101. The number of rotatable bonds is 1. The van der Waals surface area contributed by atoms with E-state index in [1.165, 1.54) is 10.7 Å². The topological polar surface area (TPSA) is 128 Å². The van der Waals surface area contributed by atoms with Crippen LogP contribution in [0.3, 0.4) is 0 Å². The number of hydrogen-bond acceptors (Lipinski definition) is 6. The van der Waals surface area contributed by atoms with E-state index in [2.05, 4.69) is 20.5 Å². The van der Waals surface area contributed by atoms with E-state index in [9.17, 15) is 0 Å². The molecule has 0 radical (unpaired) electrons. The standard InChI is InChI=1S/C6H7N7O/c7-5(12-14)4-6(8)13-3(10-11-4)1-2-9-13/h1-2,14H,8H2,(H2,7,12). The second-order valence-corrected chi connectivity index (χ2v) is 2.52. The number of oxime groups is 1. The van der Waals surface area contributed by atoms with Gasteiger partial charge in [-0.15, -0.1) is 10.2 Å². The van der Waals surface area contributed by atoms with E-state index in [-0.39, 0.29) is 17.3 Å². The summed E-state index contributed by atoms with van der Waals surface area (Å²) >= 11 is 0. The van der Waals surface area contributed by atoms with Crippen molar-refractivity contribution < 1.29 is 5.21 Å². The fourth-order valence-electron chi connectivity index (χ4n) is 1.04. The minimum atomic E-state index is -0.201. The summed E-state index contributed by atoms with van der Waals surface area (Å²) < 4.78 is 1.35. The van der Waals surface area contributed by atoms with Gasteiger partial charge >= 0.3 is 0 Å². The van der Waals surface area contributed by atoms with Crippen molar-refractivity contribution >= 4 is 17.3 Å². The second kappa shape index (κ2) is 2.83. The molecule has 0 saturated heterocycles. The molecule has 0 aromatic carbocycles. The van der Waals surface area contributed by atoms with Crippen LogP contribution in [-0.2, 0) is 0 Å². The summed E-state index contributed by atoms with van der Waals surface area (Å²) in [6.07, 6.45) is 1.52. The maximum Gasteiger partial charge on any atom is 0.194 e. The zero-order chi connectivity index (χ0) is 10.1. The van der Waals surface area contributed by atoms with Crippen LogP contribution in [0.25, 0.3) is 5.65 Å². The molecule has 2 heterocycles. The summed E-state index contributed by atoms with van der Waals surface area (Å²) in [5.41, 5.74) is 11.6. The summed E-state index contributed by atoms with van der Waals surface area (Å²) in [7, 11) is 0. The van der Waals surface area contributed by atoms with E-state index < -0.39 is 0 Å². The lowest BCUT2D eigenvalue weighted by Gasteiger charge is -2.02. The van der Waals surface area contributed by atoms with Crippen molar-refractivity contribution in [3.63, 3.8) is 0 Å². The van der Waals surface area contributed by atoms with Crippen LogP contribution in [0.1, 0.15) is 5.69 Å². The molecule has 0 aliphatic rings. The molecule has 0 saturated carbocycles. The normalized spacial score (nSPS) is 12.1. The van der Waals surface area contributed by atoms with Gasteiger partial charge in [-0.25, -0.2) is 0 Å². The molecule has 72 valence electrons. The Hall–Kier alpha value is -2.38. The Morgan fingerprint density at radius 2 is 2.29 bits per heavy atom. The highest BCUT2D eigenvalue weighted by Gasteiger charge is 2.11. The van der Waals surface area contributed by atoms with Gasteiger partial charge in [-0.05, 0) is 0 Å². The Labute approximate surface area is 77.8 Å². The molecule has 8 nitrogen and oxygen atoms in total. The van der Waals surface area contributed by atoms with Gasteiger partial charge < -0.3 is 16.7 Å². The molecule has 0 aliphatic carbocycles. The van der Waals surface area contributed by atoms with Gasteiger partial charge in [0.15, 0.2) is 23.0 Å². The first-order chi connectivity index (χ1) is 6.74. The molecular formula is C6H7N7O. The predicted octanol–water partition coefficient (Wildman–Crippen LogP) is -1.20. The van der Waals surface area contributed by atoms with Gasteiger partial charge in [0, 0.05) is 6.07 Å². The quantitative estimate of drug-likeness (QED) is 0.226. The molecule has 0 fully saturated rings. The molecule has 2 rings (SSSR count). The van der Waals surface area contributed by atoms with Gasteiger partial charge in [0.1, 0.15) is 0 Å². The van der Waals surface area contributed by atoms with Gasteiger partial charge in [0.2, 0.25) is 0 Å². The Kier molecular flexibility index (Phi) is 1.67. The second-order valence-electron chi connectivity index (χ2n) is 2.52. The van der Waals surface area contributed by atoms with Crippen LogP contribution in [0.2, 0.25) is 0 Å². The number of nitrogen functional groups attached to an aromatic ring is 1. The summed E-state index contributed by atoms with van der Waals surface area (Å²) in [4.78, 5) is 0. The van der Waals surface area contributed by atoms with E-state index in [0.717, 1.165) is 0 Å². The first kappa shape index (κ1) is 8.23. The number of anilines is 1. The zero-order valence-electron chi connectivity index (χ0n) is 6.99. The molecule has 0 atom stereocenters. The van der Waals surface area contributed by atoms with Crippen LogP contribution in [0.15, 0.2) is 17.4 Å². The molecule has 14 heavy (non-hydrogen) atoms. The highest BCUT2D eigenvalue weighted by atomic mass is 16.4. The van der Waals surface area contributed by atoms with Crippen LogP contribution in [0.5, 0.6) is 0 Å². The third kappa shape index (κ3) is 1.01. The Morgan fingerprint density at radius 3 is 3.00 bits per heavy atom. The predicted molar refractivity (Wildman–Crippen MR) is 47.7 cm³/mol. The van der Waals surface area contributed by atoms with E-state index in [0.29, 0.717) is 5.65 Å². The number of hydrogen-bond donors (Lipinski definition) is 3. The van der Waals surface area contributed by atoms with Gasteiger partial charge in [-0.2, -0.15) is 9.61 Å². The highest BCUT2D eigenvalue weighted by molar-refractivity contribution is 5.99. The van der Waals surface area contributed by atoms with E-state index in [1.54, 1.807) is 6.07 Å². The molecule has 0 bridgehead atoms. The van der Waals surface area contributed by atoms with Gasteiger partial charge in [0.05, 0.1) is 6.20 Å². The molecule has 0 unspecified atom stereocenters. The largest absolute Gasteiger partial charge is 0.409 e. The van der Waals surface area contributed by atoms with Crippen molar-refractivity contribution in [2.45, 2.75) is 0 Å². The van der Waals surface area contributed by atoms with E-state index >= 15 is 0 Å². The maximum absolute atomic E-state index is 8.45. The third-order valence-electron chi connectivity index (χ3n) is 1.70. The number of amidine groups is 1. The number of fused-ring (bicyclic) bond motifs is 1. The van der Waals surface area contributed by atoms with Gasteiger partial charge in [0.25, 0.3) is 0 Å². The summed E-state index contributed by atoms with van der Waals surface area (Å²) in [5.74, 6) is -0.0253. The number of nitrogens with zero attached hydrogens (tertiary/aromatic N) is 5. The Bertz CT molecular complexity index is 502. The summed E-state index contributed by atoms with van der Waals surface area (Å²) in [6, 6.07) is 1.64. The van der Waals surface area contributed by atoms with Crippen LogP contribution in [-0.4, -0.2) is 30.9 Å². The third-order valence-corrected chi connectivity index (χ3v) is 1.70. The van der Waals surface area contributed by atoms with Crippen molar-refractivity contribution in [1.82, 2.24) is 19.8 Å². The minimum Gasteiger partial charge on any atom is -0.409 e. The fourth-order valence-corrected chi connectivity index (χ4v) is 1.04. The van der Waals surface area contributed by atoms with E-state index in [4.69, 9.17) is 16.7 Å². The first-order valence-electron chi connectivity index (χ1n) is 3.68. The first-order valence-corrected chi connectivity index (χ1v) is 3.68. The molecule has 0 amide bonds. The SMILES string of the molecule is N/C(=N/O)c1nnc2ccnn2c1N. The average molecular weight is 193 g/mol. The molecule has 5 N–H and O–H groups in total. The van der Waals surface area contributed by atoms with Crippen LogP contribution >= 0.6 is 0 Å². The lowest BCUT2D eigenvalue weighted by molar-refractivity contribution is 0.318. The number of nitrogens with two attached hydrogens (primary N) is 2. The molecule has 2 aromatic heterocycles. The van der Waals surface area contributed by atoms with Gasteiger partial charge in [-0.3, -0.25) is 0 Å². The lowest BCUT2D eigenvalue weighted by Crippen LogP contribution is -2.20. The molecule has 8 heteroatoms. The van der Waals surface area contributed by atoms with Crippen molar-refractivity contribution in [2.75, 3.05) is 5.73 Å². The Balaban J connectivity index is 2.74. The van der Waals surface area contributed by atoms with Crippen molar-refractivity contribution in [1.29, 1.82) is 0 Å². The fraction of sp³-hybridized carbons (Fsp3) is 0. The molecular weight excluding hydrogens is 186 g/mol. The monoisotopic (exact) mass is 193 g/mol. The average Bonchev–Trinajstić information content (AvgIpc) is 2.66. The van der Waals surface area contributed by atoms with Gasteiger partial charge in [-0.1, -0.05) is 5.16 Å². The maximum atomic E-state index is 8.45. The van der Waals surface area contributed by atoms with Crippen LogP contribution in [0, 0.1) is 0 Å². The molecule has 0 aliphatic heterocycles. The lowest BCUT2D eigenvalue weighted by atomic mass is 10.4. The van der Waals surface area contributed by atoms with Crippen molar-refractivity contribution in [3.8, 4) is 0 Å². The summed E-state index contributed by atoms with van der Waals surface area (Å²) in [6.45, 7) is 0. The molecule has 2 aromatic rings. The van der Waals surface area contributed by atoms with E-state index in [1.807, 2.05) is 0 Å². The van der Waals surface area contributed by atoms with Crippen molar-refractivity contribution in [2.24, 2.45) is 10.9 Å². The zero-order valence-corrected chi connectivity index (χ0v) is 6.99. The summed E-state index contributed by atoms with van der Waals surface area (Å²) in [5, 5.41) is 22.6. The van der Waals surface area contributed by atoms with Crippen LogP contribution < -0.4 is 11.5 Å². The van der Waals surface area contributed by atoms with Crippen LogP contribution in [0.4, 0.5) is 5.82 Å². The molecule has 0 spiro atoms.